The van der Waals surface area contributed by atoms with Gasteiger partial charge in [0.15, 0.2) is 0 Å². The van der Waals surface area contributed by atoms with Crippen molar-refractivity contribution in [1.82, 2.24) is 29.5 Å². The highest BCUT2D eigenvalue weighted by atomic mass is 16.5. The highest BCUT2D eigenvalue weighted by molar-refractivity contribution is 5.77. The van der Waals surface area contributed by atoms with Gasteiger partial charge in [-0.15, -0.1) is 10.2 Å². The summed E-state index contributed by atoms with van der Waals surface area (Å²) in [4.78, 5) is 18.8. The zero-order valence-electron chi connectivity index (χ0n) is 16.4. The Bertz CT molecular complexity index is 589. The van der Waals surface area contributed by atoms with Crippen molar-refractivity contribution in [1.29, 1.82) is 0 Å². The van der Waals surface area contributed by atoms with E-state index in [1.54, 1.807) is 0 Å². The second-order valence-electron chi connectivity index (χ2n) is 7.41. The number of piperidine rings is 1. The fraction of sp³-hybridized carbons (Fsp3) is 0.833. The molecule has 0 unspecified atom stereocenters. The van der Waals surface area contributed by atoms with Crippen LogP contribution in [0.5, 0.6) is 0 Å². The summed E-state index contributed by atoms with van der Waals surface area (Å²) in [6.07, 6.45) is 1.89. The van der Waals surface area contributed by atoms with E-state index in [9.17, 15) is 4.79 Å². The summed E-state index contributed by atoms with van der Waals surface area (Å²) in [5.41, 5.74) is 0. The van der Waals surface area contributed by atoms with Crippen LogP contribution in [-0.4, -0.2) is 94.9 Å². The number of hydrogen-bond acceptors (Lipinski definition) is 6. The number of likely N-dealkylation sites (N-methyl/N-ethyl adjacent to an activating group) is 1. The third-order valence-corrected chi connectivity index (χ3v) is 5.60. The van der Waals surface area contributed by atoms with Crippen molar-refractivity contribution in [3.05, 3.63) is 11.6 Å². The molecule has 0 aromatic carbocycles. The molecule has 0 saturated carbocycles. The second-order valence-corrected chi connectivity index (χ2v) is 7.41. The smallest absolute Gasteiger partial charge is 0.248 e. The Morgan fingerprint density at radius 3 is 2.42 bits per heavy atom. The van der Waals surface area contributed by atoms with Gasteiger partial charge >= 0.3 is 0 Å². The molecule has 0 aliphatic carbocycles. The molecule has 0 N–H and O–H groups in total. The highest BCUT2D eigenvalue weighted by Crippen LogP contribution is 2.27. The van der Waals surface area contributed by atoms with Gasteiger partial charge in [-0.05, 0) is 26.8 Å². The van der Waals surface area contributed by atoms with E-state index in [0.29, 0.717) is 12.5 Å². The first-order valence-corrected chi connectivity index (χ1v) is 9.73. The Morgan fingerprint density at radius 2 is 1.77 bits per heavy atom. The van der Waals surface area contributed by atoms with Gasteiger partial charge < -0.3 is 19.1 Å². The number of carbonyl (C=O) groups excluding carboxylic acids is 1. The van der Waals surface area contributed by atoms with Gasteiger partial charge in [-0.1, -0.05) is 0 Å². The largest absolute Gasteiger partial charge is 0.372 e. The minimum atomic E-state index is 0.0963. The molecular formula is C18H32N6O2. The highest BCUT2D eigenvalue weighted by Gasteiger charge is 2.27. The van der Waals surface area contributed by atoms with Gasteiger partial charge in [0, 0.05) is 58.8 Å². The van der Waals surface area contributed by atoms with E-state index >= 15 is 0 Å². The molecule has 2 aliphatic heterocycles. The van der Waals surface area contributed by atoms with Gasteiger partial charge in [0.2, 0.25) is 5.91 Å². The molecule has 8 nitrogen and oxygen atoms in total. The number of aromatic nitrogens is 3. The number of nitrogens with zero attached hydrogens (tertiary/aromatic N) is 6. The average molecular weight is 364 g/mol. The Balaban J connectivity index is 1.53. The third-order valence-electron chi connectivity index (χ3n) is 5.60. The summed E-state index contributed by atoms with van der Waals surface area (Å²) in [5, 5.41) is 8.94. The number of carbonyl (C=O) groups is 1. The van der Waals surface area contributed by atoms with Crippen LogP contribution in [0.4, 0.5) is 0 Å². The first-order valence-electron chi connectivity index (χ1n) is 9.73. The molecule has 1 amide bonds. The fourth-order valence-electron chi connectivity index (χ4n) is 3.74. The Morgan fingerprint density at radius 1 is 1.08 bits per heavy atom. The van der Waals surface area contributed by atoms with Gasteiger partial charge in [-0.2, -0.15) is 0 Å². The molecule has 0 atom stereocenters. The number of amides is 1. The lowest BCUT2D eigenvalue weighted by molar-refractivity contribution is -0.137. The Kier molecular flexibility index (Phi) is 6.61. The van der Waals surface area contributed by atoms with E-state index in [2.05, 4.69) is 38.7 Å². The molecule has 2 aliphatic rings. The maximum Gasteiger partial charge on any atom is 0.248 e. The zero-order valence-corrected chi connectivity index (χ0v) is 16.4. The molecule has 2 fully saturated rings. The monoisotopic (exact) mass is 364 g/mol. The van der Waals surface area contributed by atoms with Crippen LogP contribution in [-0.2, 0) is 23.1 Å². The summed E-state index contributed by atoms with van der Waals surface area (Å²) < 4.78 is 7.40. The molecule has 8 heteroatoms. The number of likely N-dealkylation sites (tertiary alicyclic amines) is 1. The minimum absolute atomic E-state index is 0.0963. The number of rotatable bonds is 6. The SMILES string of the molecule is CCOCC(=O)N1CCC(c2nnc(CN3CCN(C)CC3)n2C)CC1. The van der Waals surface area contributed by atoms with Gasteiger partial charge in [0.05, 0.1) is 6.54 Å². The molecule has 0 spiro atoms. The Labute approximate surface area is 156 Å². The van der Waals surface area contributed by atoms with Crippen molar-refractivity contribution in [3.8, 4) is 0 Å². The first kappa shape index (κ1) is 19.3. The molecule has 1 aromatic heterocycles. The summed E-state index contributed by atoms with van der Waals surface area (Å²) >= 11 is 0. The summed E-state index contributed by atoms with van der Waals surface area (Å²) in [6.45, 7) is 9.48. The lowest BCUT2D eigenvalue weighted by Crippen LogP contribution is -2.44. The maximum absolute atomic E-state index is 12.1. The molecular weight excluding hydrogens is 332 g/mol. The van der Waals surface area contributed by atoms with Gasteiger partial charge in [0.1, 0.15) is 18.3 Å². The predicted molar refractivity (Wildman–Crippen MR) is 98.8 cm³/mol. The van der Waals surface area contributed by atoms with Crippen LogP contribution in [0.25, 0.3) is 0 Å². The normalized spacial score (nSPS) is 20.7. The van der Waals surface area contributed by atoms with E-state index in [0.717, 1.165) is 70.3 Å². The van der Waals surface area contributed by atoms with E-state index in [1.165, 1.54) is 0 Å². The van der Waals surface area contributed by atoms with Crippen LogP contribution >= 0.6 is 0 Å². The third kappa shape index (κ3) is 4.61. The molecule has 1 aromatic rings. The number of hydrogen-bond donors (Lipinski definition) is 0. The van der Waals surface area contributed by atoms with Crippen LogP contribution in [0.15, 0.2) is 0 Å². The van der Waals surface area contributed by atoms with Crippen molar-refractivity contribution >= 4 is 5.91 Å². The van der Waals surface area contributed by atoms with Gasteiger partial charge in [-0.3, -0.25) is 9.69 Å². The van der Waals surface area contributed by atoms with E-state index in [1.807, 2.05) is 11.8 Å². The van der Waals surface area contributed by atoms with Gasteiger partial charge in [-0.25, -0.2) is 0 Å². The standard InChI is InChI=1S/C18H32N6O2/c1-4-26-14-17(25)24-7-5-15(6-8-24)18-20-19-16(22(18)3)13-23-11-9-21(2)10-12-23/h15H,4-14H2,1-3H3. The molecule has 26 heavy (non-hydrogen) atoms. The van der Waals surface area contributed by atoms with Crippen LogP contribution < -0.4 is 0 Å². The van der Waals surface area contributed by atoms with Crippen molar-refractivity contribution in [2.75, 3.05) is 59.5 Å². The lowest BCUT2D eigenvalue weighted by atomic mass is 9.96. The van der Waals surface area contributed by atoms with Crippen LogP contribution in [0.1, 0.15) is 37.3 Å². The summed E-state index contributed by atoms with van der Waals surface area (Å²) in [7, 11) is 4.25. The Hall–Kier alpha value is -1.51. The maximum atomic E-state index is 12.1. The van der Waals surface area contributed by atoms with E-state index in [-0.39, 0.29) is 12.5 Å². The molecule has 0 bridgehead atoms. The number of ether oxygens (including phenoxy) is 1. The zero-order chi connectivity index (χ0) is 18.5. The van der Waals surface area contributed by atoms with E-state index in [4.69, 9.17) is 4.74 Å². The molecule has 0 radical (unpaired) electrons. The molecule has 3 heterocycles. The predicted octanol–water partition coefficient (Wildman–Crippen LogP) is 0.305. The van der Waals surface area contributed by atoms with Crippen molar-refractivity contribution < 1.29 is 9.53 Å². The van der Waals surface area contributed by atoms with Crippen molar-refractivity contribution in [3.63, 3.8) is 0 Å². The summed E-state index contributed by atoms with van der Waals surface area (Å²) in [5.74, 6) is 2.58. The van der Waals surface area contributed by atoms with Gasteiger partial charge in [0.25, 0.3) is 0 Å². The van der Waals surface area contributed by atoms with Crippen molar-refractivity contribution in [2.24, 2.45) is 7.05 Å². The topological polar surface area (TPSA) is 66.7 Å². The number of piperazine rings is 1. The average Bonchev–Trinajstić information content (AvgIpc) is 3.02. The summed E-state index contributed by atoms with van der Waals surface area (Å²) in [6, 6.07) is 0. The lowest BCUT2D eigenvalue weighted by Gasteiger charge is -2.32. The van der Waals surface area contributed by atoms with Crippen LogP contribution in [0.2, 0.25) is 0 Å². The van der Waals surface area contributed by atoms with Crippen LogP contribution in [0.3, 0.4) is 0 Å². The molecule has 2 saturated heterocycles. The second kappa shape index (κ2) is 8.92. The van der Waals surface area contributed by atoms with Crippen molar-refractivity contribution in [2.45, 2.75) is 32.2 Å². The quantitative estimate of drug-likeness (QED) is 0.724. The minimum Gasteiger partial charge on any atom is -0.372 e. The van der Waals surface area contributed by atoms with E-state index < -0.39 is 0 Å². The van der Waals surface area contributed by atoms with Crippen LogP contribution in [0, 0.1) is 0 Å². The fourth-order valence-corrected chi connectivity index (χ4v) is 3.74. The molecule has 146 valence electrons. The molecule has 3 rings (SSSR count). The first-order chi connectivity index (χ1) is 12.6.